The monoisotopic (exact) mass is 208 g/mol. The van der Waals surface area contributed by atoms with Gasteiger partial charge in [0.25, 0.3) is 0 Å². The van der Waals surface area contributed by atoms with Crippen molar-refractivity contribution in [2.45, 2.75) is 0 Å². The Kier molecular flexibility index (Phi) is 2.00. The summed E-state index contributed by atoms with van der Waals surface area (Å²) in [5.41, 5.74) is 2.38. The quantitative estimate of drug-likeness (QED) is 0.600. The van der Waals surface area contributed by atoms with Crippen LogP contribution in [0.25, 0.3) is 22.0 Å². The third-order valence-corrected chi connectivity index (χ3v) is 2.89. The Labute approximate surface area is 94.1 Å². The van der Waals surface area contributed by atoms with Gasteiger partial charge in [0.15, 0.2) is 0 Å². The van der Waals surface area contributed by atoms with Gasteiger partial charge in [0.05, 0.1) is 5.69 Å². The van der Waals surface area contributed by atoms with E-state index >= 15 is 0 Å². The molecule has 0 saturated heterocycles. The van der Waals surface area contributed by atoms with Crippen LogP contribution in [-0.4, -0.2) is 9.78 Å². The fourth-order valence-corrected chi connectivity index (χ4v) is 2.09. The Morgan fingerprint density at radius 2 is 1.75 bits per heavy atom. The van der Waals surface area contributed by atoms with Crippen LogP contribution in [0, 0.1) is 0 Å². The molecule has 0 fully saturated rings. The van der Waals surface area contributed by atoms with Crippen molar-refractivity contribution < 1.29 is 0 Å². The third kappa shape index (κ3) is 1.31. The van der Waals surface area contributed by atoms with Crippen LogP contribution in [0.4, 0.5) is 0 Å². The maximum Gasteiger partial charge on any atom is 0.0685 e. The van der Waals surface area contributed by atoms with Crippen LogP contribution < -0.4 is 0 Å². The molecule has 2 nitrogen and oxygen atoms in total. The van der Waals surface area contributed by atoms with Gasteiger partial charge in [0.2, 0.25) is 0 Å². The number of rotatable bonds is 1. The summed E-state index contributed by atoms with van der Waals surface area (Å²) in [6.07, 6.45) is 1.83. The molecule has 0 unspecified atom stereocenters. The minimum atomic E-state index is 1.15. The topological polar surface area (TPSA) is 17.8 Å². The summed E-state index contributed by atoms with van der Waals surface area (Å²) in [4.78, 5) is 0. The highest BCUT2D eigenvalue weighted by Gasteiger charge is 2.05. The van der Waals surface area contributed by atoms with Crippen LogP contribution in [0.15, 0.2) is 54.7 Å². The highest BCUT2D eigenvalue weighted by molar-refractivity contribution is 5.95. The first-order valence-electron chi connectivity index (χ1n) is 5.32. The largest absolute Gasteiger partial charge is 0.268 e. The standard InChI is InChI=1S/C14H12N2/c1-16-14(9-10-15-16)13-8-4-6-11-5-2-3-7-12(11)13/h2-10H,1H3. The van der Waals surface area contributed by atoms with Crippen molar-refractivity contribution in [3.05, 3.63) is 54.7 Å². The molecule has 0 N–H and O–H groups in total. The Bertz CT molecular complexity index is 633. The average molecular weight is 208 g/mol. The summed E-state index contributed by atoms with van der Waals surface area (Å²) < 4.78 is 1.90. The number of hydrogen-bond acceptors (Lipinski definition) is 1. The minimum Gasteiger partial charge on any atom is -0.268 e. The molecule has 0 saturated carbocycles. The number of hydrogen-bond donors (Lipinski definition) is 0. The molecule has 16 heavy (non-hydrogen) atoms. The zero-order valence-corrected chi connectivity index (χ0v) is 9.09. The first kappa shape index (κ1) is 9.16. The van der Waals surface area contributed by atoms with Crippen molar-refractivity contribution >= 4 is 10.8 Å². The highest BCUT2D eigenvalue weighted by atomic mass is 15.3. The van der Waals surface area contributed by atoms with Crippen LogP contribution >= 0.6 is 0 Å². The maximum atomic E-state index is 4.22. The van der Waals surface area contributed by atoms with Gasteiger partial charge in [-0.2, -0.15) is 5.10 Å². The first-order chi connectivity index (χ1) is 7.86. The fourth-order valence-electron chi connectivity index (χ4n) is 2.09. The normalized spacial score (nSPS) is 10.8. The Hall–Kier alpha value is -2.09. The van der Waals surface area contributed by atoms with E-state index in [0.717, 1.165) is 5.69 Å². The van der Waals surface area contributed by atoms with Gasteiger partial charge in [0, 0.05) is 18.8 Å². The van der Waals surface area contributed by atoms with Gasteiger partial charge in [-0.1, -0.05) is 42.5 Å². The maximum absolute atomic E-state index is 4.22. The van der Waals surface area contributed by atoms with E-state index in [4.69, 9.17) is 0 Å². The van der Waals surface area contributed by atoms with E-state index in [1.54, 1.807) is 0 Å². The number of nitrogens with zero attached hydrogens (tertiary/aromatic N) is 2. The number of benzene rings is 2. The van der Waals surface area contributed by atoms with E-state index in [2.05, 4.69) is 47.6 Å². The van der Waals surface area contributed by atoms with Crippen molar-refractivity contribution in [3.63, 3.8) is 0 Å². The molecule has 3 rings (SSSR count). The van der Waals surface area contributed by atoms with Crippen LogP contribution in [-0.2, 0) is 7.05 Å². The van der Waals surface area contributed by atoms with E-state index in [1.165, 1.54) is 16.3 Å². The summed E-state index contributed by atoms with van der Waals surface area (Å²) >= 11 is 0. The lowest BCUT2D eigenvalue weighted by Crippen LogP contribution is -1.93. The Balaban J connectivity index is 2.36. The molecule has 1 heterocycles. The van der Waals surface area contributed by atoms with Crippen LogP contribution in [0.1, 0.15) is 0 Å². The van der Waals surface area contributed by atoms with Crippen molar-refractivity contribution in [3.8, 4) is 11.3 Å². The molecule has 0 bridgehead atoms. The Morgan fingerprint density at radius 1 is 0.938 bits per heavy atom. The van der Waals surface area contributed by atoms with Crippen molar-refractivity contribution in [1.29, 1.82) is 0 Å². The second-order valence-corrected chi connectivity index (χ2v) is 3.87. The molecule has 0 radical (unpaired) electrons. The first-order valence-corrected chi connectivity index (χ1v) is 5.32. The number of aryl methyl sites for hydroxylation is 1. The molecule has 2 aromatic carbocycles. The summed E-state index contributed by atoms with van der Waals surface area (Å²) in [5.74, 6) is 0. The molecular weight excluding hydrogens is 196 g/mol. The molecule has 78 valence electrons. The zero-order chi connectivity index (χ0) is 11.0. The smallest absolute Gasteiger partial charge is 0.0685 e. The van der Waals surface area contributed by atoms with Gasteiger partial charge in [-0.25, -0.2) is 0 Å². The van der Waals surface area contributed by atoms with Crippen LogP contribution in [0.2, 0.25) is 0 Å². The van der Waals surface area contributed by atoms with Gasteiger partial charge >= 0.3 is 0 Å². The third-order valence-electron chi connectivity index (χ3n) is 2.89. The van der Waals surface area contributed by atoms with Gasteiger partial charge in [-0.05, 0) is 16.8 Å². The van der Waals surface area contributed by atoms with E-state index in [9.17, 15) is 0 Å². The summed E-state index contributed by atoms with van der Waals surface area (Å²) in [5, 5.41) is 6.75. The lowest BCUT2D eigenvalue weighted by molar-refractivity contribution is 0.776. The summed E-state index contributed by atoms with van der Waals surface area (Å²) in [7, 11) is 1.97. The predicted octanol–water partition coefficient (Wildman–Crippen LogP) is 3.24. The predicted molar refractivity (Wildman–Crippen MR) is 66.2 cm³/mol. The van der Waals surface area contributed by atoms with Gasteiger partial charge in [0.1, 0.15) is 0 Å². The van der Waals surface area contributed by atoms with E-state index in [-0.39, 0.29) is 0 Å². The van der Waals surface area contributed by atoms with Crippen molar-refractivity contribution in [1.82, 2.24) is 9.78 Å². The fraction of sp³-hybridized carbons (Fsp3) is 0.0714. The van der Waals surface area contributed by atoms with Gasteiger partial charge in [-0.3, -0.25) is 4.68 Å². The molecule has 3 aromatic rings. The molecule has 0 atom stereocenters. The molecular formula is C14H12N2. The highest BCUT2D eigenvalue weighted by Crippen LogP contribution is 2.27. The molecule has 0 spiro atoms. The van der Waals surface area contributed by atoms with Gasteiger partial charge in [-0.15, -0.1) is 0 Å². The van der Waals surface area contributed by atoms with Crippen LogP contribution in [0.5, 0.6) is 0 Å². The average Bonchev–Trinajstić information content (AvgIpc) is 2.75. The van der Waals surface area contributed by atoms with Crippen LogP contribution in [0.3, 0.4) is 0 Å². The number of fused-ring (bicyclic) bond motifs is 1. The zero-order valence-electron chi connectivity index (χ0n) is 9.09. The Morgan fingerprint density at radius 3 is 2.56 bits per heavy atom. The van der Waals surface area contributed by atoms with E-state index in [1.807, 2.05) is 24.0 Å². The SMILES string of the molecule is Cn1nccc1-c1cccc2ccccc12. The molecule has 0 aliphatic rings. The summed E-state index contributed by atoms with van der Waals surface area (Å²) in [6, 6.07) is 16.8. The lowest BCUT2D eigenvalue weighted by Gasteiger charge is -2.06. The molecule has 0 aliphatic carbocycles. The van der Waals surface area contributed by atoms with Crippen molar-refractivity contribution in [2.24, 2.45) is 7.05 Å². The molecule has 0 aliphatic heterocycles. The second-order valence-electron chi connectivity index (χ2n) is 3.87. The molecule has 1 aromatic heterocycles. The minimum absolute atomic E-state index is 1.15. The second kappa shape index (κ2) is 3.49. The van der Waals surface area contributed by atoms with Crippen molar-refractivity contribution in [2.75, 3.05) is 0 Å². The molecule has 0 amide bonds. The van der Waals surface area contributed by atoms with Gasteiger partial charge < -0.3 is 0 Å². The van der Waals surface area contributed by atoms with E-state index < -0.39 is 0 Å². The lowest BCUT2D eigenvalue weighted by atomic mass is 10.0. The molecule has 2 heteroatoms. The number of aromatic nitrogens is 2. The van der Waals surface area contributed by atoms with E-state index in [0.29, 0.717) is 0 Å². The summed E-state index contributed by atoms with van der Waals surface area (Å²) in [6.45, 7) is 0.